The Morgan fingerprint density at radius 2 is 1.44 bits per heavy atom. The average molecular weight is 462 g/mol. The van der Waals surface area contributed by atoms with E-state index in [4.69, 9.17) is 0 Å². The van der Waals surface area contributed by atoms with Crippen molar-refractivity contribution in [2.24, 2.45) is 5.92 Å². The standard InChI is InChI=1S/C23H21F7O2/c1-2-3-12-4-6-13(7-5-12)14-8-16(24)20(17(25)9-14)22(31)32-15-10-18(26)21(19(27)11-15)23(28,29)30/h8-13H,2-7H2,1H3. The van der Waals surface area contributed by atoms with Gasteiger partial charge in [0.15, 0.2) is 0 Å². The Kier molecular flexibility index (Phi) is 7.15. The maximum atomic E-state index is 14.6. The Bertz CT molecular complexity index is 946. The van der Waals surface area contributed by atoms with Crippen LogP contribution in [0.2, 0.25) is 0 Å². The van der Waals surface area contributed by atoms with Gasteiger partial charge in [-0.3, -0.25) is 0 Å². The first kappa shape index (κ1) is 24.1. The second kappa shape index (κ2) is 9.50. The molecule has 0 heterocycles. The van der Waals surface area contributed by atoms with Crippen LogP contribution < -0.4 is 4.74 Å². The smallest absolute Gasteiger partial charge is 0.422 e. The van der Waals surface area contributed by atoms with Crippen LogP contribution in [-0.2, 0) is 6.18 Å². The Balaban J connectivity index is 1.78. The summed E-state index contributed by atoms with van der Waals surface area (Å²) in [7, 11) is 0. The largest absolute Gasteiger partial charge is 0.423 e. The number of carbonyl (C=O) groups is 1. The molecule has 1 aliphatic rings. The zero-order chi connectivity index (χ0) is 23.6. The number of hydrogen-bond acceptors (Lipinski definition) is 2. The molecule has 0 spiro atoms. The summed E-state index contributed by atoms with van der Waals surface area (Å²) in [6, 6.07) is 2.31. The Labute approximate surface area is 180 Å². The first-order chi connectivity index (χ1) is 15.0. The molecular weight excluding hydrogens is 441 g/mol. The van der Waals surface area contributed by atoms with Crippen LogP contribution in [0.15, 0.2) is 24.3 Å². The van der Waals surface area contributed by atoms with E-state index in [0.717, 1.165) is 50.7 Å². The van der Waals surface area contributed by atoms with E-state index in [9.17, 15) is 35.5 Å². The van der Waals surface area contributed by atoms with E-state index in [2.05, 4.69) is 11.7 Å². The lowest BCUT2D eigenvalue weighted by Gasteiger charge is -2.28. The van der Waals surface area contributed by atoms with Gasteiger partial charge in [-0.15, -0.1) is 0 Å². The lowest BCUT2D eigenvalue weighted by molar-refractivity contribution is -0.142. The van der Waals surface area contributed by atoms with E-state index in [1.54, 1.807) is 0 Å². The zero-order valence-electron chi connectivity index (χ0n) is 17.2. The summed E-state index contributed by atoms with van der Waals surface area (Å²) in [5, 5.41) is 0. The van der Waals surface area contributed by atoms with Crippen LogP contribution >= 0.6 is 0 Å². The summed E-state index contributed by atoms with van der Waals surface area (Å²) in [4.78, 5) is 12.2. The minimum absolute atomic E-state index is 0.0599. The van der Waals surface area contributed by atoms with Crippen molar-refractivity contribution in [3.8, 4) is 5.75 Å². The van der Waals surface area contributed by atoms with E-state index in [1.807, 2.05) is 0 Å². The molecule has 0 atom stereocenters. The van der Waals surface area contributed by atoms with Crippen molar-refractivity contribution in [3.05, 3.63) is 64.2 Å². The van der Waals surface area contributed by atoms with Crippen molar-refractivity contribution >= 4 is 5.97 Å². The maximum absolute atomic E-state index is 14.6. The van der Waals surface area contributed by atoms with Gasteiger partial charge < -0.3 is 4.74 Å². The molecule has 3 rings (SSSR count). The number of carbonyl (C=O) groups excluding carboxylic acids is 1. The highest BCUT2D eigenvalue weighted by Crippen LogP contribution is 2.39. The lowest BCUT2D eigenvalue weighted by atomic mass is 9.77. The number of alkyl halides is 3. The summed E-state index contributed by atoms with van der Waals surface area (Å²) in [5.74, 6) is -8.50. The van der Waals surface area contributed by atoms with Gasteiger partial charge in [0.2, 0.25) is 0 Å². The van der Waals surface area contributed by atoms with Gasteiger partial charge in [-0.25, -0.2) is 22.4 Å². The van der Waals surface area contributed by atoms with Gasteiger partial charge in [-0.1, -0.05) is 19.8 Å². The average Bonchev–Trinajstić information content (AvgIpc) is 2.66. The fourth-order valence-corrected chi connectivity index (χ4v) is 4.25. The molecular formula is C23H21F7O2. The van der Waals surface area contributed by atoms with Crippen LogP contribution in [-0.4, -0.2) is 5.97 Å². The molecule has 1 fully saturated rings. The van der Waals surface area contributed by atoms with E-state index < -0.39 is 52.3 Å². The predicted molar refractivity (Wildman–Crippen MR) is 102 cm³/mol. The zero-order valence-corrected chi connectivity index (χ0v) is 17.2. The van der Waals surface area contributed by atoms with E-state index in [-0.39, 0.29) is 18.1 Å². The van der Waals surface area contributed by atoms with Crippen LogP contribution in [0.1, 0.15) is 72.9 Å². The topological polar surface area (TPSA) is 26.3 Å². The second-order valence-corrected chi connectivity index (χ2v) is 8.02. The van der Waals surface area contributed by atoms with Crippen molar-refractivity contribution in [1.82, 2.24) is 0 Å². The highest BCUT2D eigenvalue weighted by atomic mass is 19.4. The molecule has 1 aliphatic carbocycles. The van der Waals surface area contributed by atoms with Gasteiger partial charge >= 0.3 is 12.1 Å². The third-order valence-corrected chi connectivity index (χ3v) is 5.79. The molecule has 0 bridgehead atoms. The number of halogens is 7. The highest BCUT2D eigenvalue weighted by molar-refractivity contribution is 5.91. The van der Waals surface area contributed by atoms with E-state index in [1.165, 1.54) is 0 Å². The Morgan fingerprint density at radius 3 is 1.91 bits per heavy atom. The molecule has 174 valence electrons. The highest BCUT2D eigenvalue weighted by Gasteiger charge is 2.38. The van der Waals surface area contributed by atoms with Crippen molar-refractivity contribution in [2.45, 2.75) is 57.5 Å². The molecule has 0 saturated heterocycles. The number of rotatable bonds is 5. The number of ether oxygens (including phenoxy) is 1. The van der Waals surface area contributed by atoms with Crippen LogP contribution in [0, 0.1) is 29.2 Å². The third-order valence-electron chi connectivity index (χ3n) is 5.79. The normalized spacial score (nSPS) is 19.1. The predicted octanol–water partition coefficient (Wildman–Crippen LogP) is 7.55. The summed E-state index contributed by atoms with van der Waals surface area (Å²) in [5.41, 5.74) is -2.85. The summed E-state index contributed by atoms with van der Waals surface area (Å²) < 4.78 is 98.9. The molecule has 0 unspecified atom stereocenters. The number of benzene rings is 2. The van der Waals surface area contributed by atoms with E-state index in [0.29, 0.717) is 11.5 Å². The number of esters is 1. The van der Waals surface area contributed by atoms with Gasteiger partial charge in [0.25, 0.3) is 0 Å². The lowest BCUT2D eigenvalue weighted by Crippen LogP contribution is -2.17. The quantitative estimate of drug-likeness (QED) is 0.260. The maximum Gasteiger partial charge on any atom is 0.422 e. The van der Waals surface area contributed by atoms with Gasteiger partial charge in [-0.2, -0.15) is 13.2 Å². The fourth-order valence-electron chi connectivity index (χ4n) is 4.25. The fraction of sp³-hybridized carbons (Fsp3) is 0.435. The molecule has 9 heteroatoms. The minimum Gasteiger partial charge on any atom is -0.423 e. The second-order valence-electron chi connectivity index (χ2n) is 8.02. The summed E-state index contributed by atoms with van der Waals surface area (Å²) in [6.45, 7) is 2.10. The molecule has 0 radical (unpaired) electrons. The van der Waals surface area contributed by atoms with Crippen LogP contribution in [0.3, 0.4) is 0 Å². The van der Waals surface area contributed by atoms with Crippen molar-refractivity contribution in [2.75, 3.05) is 0 Å². The Hall–Kier alpha value is -2.58. The molecule has 2 aromatic rings. The molecule has 32 heavy (non-hydrogen) atoms. The van der Waals surface area contributed by atoms with Gasteiger partial charge in [0.05, 0.1) is 0 Å². The van der Waals surface area contributed by atoms with Crippen molar-refractivity contribution in [3.63, 3.8) is 0 Å². The molecule has 0 amide bonds. The molecule has 2 nitrogen and oxygen atoms in total. The number of hydrogen-bond donors (Lipinski definition) is 0. The first-order valence-electron chi connectivity index (χ1n) is 10.3. The van der Waals surface area contributed by atoms with Gasteiger partial charge in [-0.05, 0) is 55.2 Å². The first-order valence-corrected chi connectivity index (χ1v) is 10.3. The van der Waals surface area contributed by atoms with Crippen molar-refractivity contribution < 1.29 is 40.3 Å². The monoisotopic (exact) mass is 462 g/mol. The van der Waals surface area contributed by atoms with Crippen LogP contribution in [0.4, 0.5) is 30.7 Å². The molecule has 0 aromatic heterocycles. The summed E-state index contributed by atoms with van der Waals surface area (Å²) >= 11 is 0. The molecule has 0 aliphatic heterocycles. The van der Waals surface area contributed by atoms with Crippen LogP contribution in [0.25, 0.3) is 0 Å². The molecule has 0 N–H and O–H groups in total. The van der Waals surface area contributed by atoms with Gasteiger partial charge in [0.1, 0.15) is 40.1 Å². The molecule has 2 aromatic carbocycles. The Morgan fingerprint density at radius 1 is 0.906 bits per heavy atom. The molecule has 1 saturated carbocycles. The van der Waals surface area contributed by atoms with Crippen molar-refractivity contribution in [1.29, 1.82) is 0 Å². The summed E-state index contributed by atoms with van der Waals surface area (Å²) in [6.07, 6.45) is 0.274. The SMILES string of the molecule is CCCC1CCC(c2cc(F)c(C(=O)Oc3cc(F)c(C(F)(F)F)c(F)c3)c(F)c2)CC1. The minimum atomic E-state index is -5.31. The van der Waals surface area contributed by atoms with Crippen LogP contribution in [0.5, 0.6) is 5.75 Å². The van der Waals surface area contributed by atoms with Gasteiger partial charge in [0, 0.05) is 12.1 Å². The van der Waals surface area contributed by atoms with E-state index >= 15 is 0 Å². The third kappa shape index (κ3) is 5.24.